The van der Waals surface area contributed by atoms with Crippen molar-refractivity contribution in [2.45, 2.75) is 39.5 Å². The minimum Gasteiger partial charge on any atom is -0.469 e. The van der Waals surface area contributed by atoms with Crippen LogP contribution in [0, 0.1) is 5.41 Å². The molecule has 19 heavy (non-hydrogen) atoms. The molecule has 1 saturated heterocycles. The van der Waals surface area contributed by atoms with Gasteiger partial charge in [-0.05, 0) is 18.3 Å². The highest BCUT2D eigenvalue weighted by Gasteiger charge is 2.27. The monoisotopic (exact) mass is 282 g/mol. The Morgan fingerprint density at radius 2 is 2.37 bits per heavy atom. The van der Waals surface area contributed by atoms with Crippen LogP contribution >= 0.6 is 11.3 Å². The van der Waals surface area contributed by atoms with E-state index in [2.05, 4.69) is 33.8 Å². The number of thiazole rings is 1. The summed E-state index contributed by atoms with van der Waals surface area (Å²) in [5.41, 5.74) is 1.37. The minimum absolute atomic E-state index is 0.173. The van der Waals surface area contributed by atoms with Crippen LogP contribution in [-0.2, 0) is 16.0 Å². The van der Waals surface area contributed by atoms with Crippen LogP contribution in [0.5, 0.6) is 0 Å². The molecule has 1 aromatic rings. The molecule has 106 valence electrons. The van der Waals surface area contributed by atoms with Gasteiger partial charge < -0.3 is 9.64 Å². The number of carbonyl (C=O) groups excluding carboxylic acids is 1. The number of nitrogens with zero attached hydrogens (tertiary/aromatic N) is 2. The average Bonchev–Trinajstić information content (AvgIpc) is 2.83. The third-order valence-electron chi connectivity index (χ3n) is 3.52. The molecule has 0 unspecified atom stereocenters. The van der Waals surface area contributed by atoms with E-state index < -0.39 is 0 Å². The number of ether oxygens (including phenoxy) is 1. The quantitative estimate of drug-likeness (QED) is 0.796. The Bertz CT molecular complexity index is 442. The maximum absolute atomic E-state index is 11.1. The summed E-state index contributed by atoms with van der Waals surface area (Å²) in [6.07, 6.45) is 3.58. The molecule has 0 saturated carbocycles. The lowest BCUT2D eigenvalue weighted by atomic mass is 9.84. The van der Waals surface area contributed by atoms with Gasteiger partial charge in [0, 0.05) is 24.9 Å². The van der Waals surface area contributed by atoms with Gasteiger partial charge in [0.2, 0.25) is 0 Å². The molecule has 1 aliphatic rings. The van der Waals surface area contributed by atoms with Crippen LogP contribution < -0.4 is 4.90 Å². The molecule has 1 fully saturated rings. The van der Waals surface area contributed by atoms with Crippen LogP contribution in [0.1, 0.15) is 38.8 Å². The molecular formula is C14H22N2O2S. The molecule has 0 aromatic carbocycles. The second kappa shape index (κ2) is 5.90. The minimum atomic E-state index is -0.173. The lowest BCUT2D eigenvalue weighted by Gasteiger charge is -2.37. The second-order valence-corrected chi connectivity index (χ2v) is 6.72. The molecule has 2 heterocycles. The van der Waals surface area contributed by atoms with Crippen LogP contribution in [0.2, 0.25) is 0 Å². The van der Waals surface area contributed by atoms with Gasteiger partial charge in [0.1, 0.15) is 0 Å². The summed E-state index contributed by atoms with van der Waals surface area (Å²) in [6, 6.07) is 0. The number of aryl methyl sites for hydroxylation is 1. The summed E-state index contributed by atoms with van der Waals surface area (Å²) in [7, 11) is 1.42. The van der Waals surface area contributed by atoms with Crippen LogP contribution in [0.15, 0.2) is 5.38 Å². The van der Waals surface area contributed by atoms with Gasteiger partial charge in [-0.25, -0.2) is 4.98 Å². The Morgan fingerprint density at radius 1 is 1.58 bits per heavy atom. The Balaban J connectivity index is 1.95. The number of hydrogen-bond acceptors (Lipinski definition) is 5. The Kier molecular flexibility index (Phi) is 4.45. The van der Waals surface area contributed by atoms with Crippen molar-refractivity contribution < 1.29 is 9.53 Å². The van der Waals surface area contributed by atoms with Gasteiger partial charge in [0.05, 0.1) is 19.2 Å². The van der Waals surface area contributed by atoms with Crippen molar-refractivity contribution in [3.8, 4) is 0 Å². The van der Waals surface area contributed by atoms with Gasteiger partial charge in [-0.15, -0.1) is 11.3 Å². The molecule has 1 aliphatic heterocycles. The van der Waals surface area contributed by atoms with Crippen LogP contribution in [0.3, 0.4) is 0 Å². The number of aromatic nitrogens is 1. The van der Waals surface area contributed by atoms with E-state index in [1.54, 1.807) is 11.3 Å². The molecule has 0 spiro atoms. The maximum atomic E-state index is 11.1. The standard InChI is InChI=1S/C14H22N2O2S/c1-14(2)7-4-8-16(10-14)13-15-11(9-19-13)5-6-12(17)18-3/h9H,4-8,10H2,1-3H3. The van der Waals surface area contributed by atoms with Crippen molar-refractivity contribution in [2.75, 3.05) is 25.1 Å². The van der Waals surface area contributed by atoms with Crippen LogP contribution in [0.25, 0.3) is 0 Å². The molecule has 2 rings (SSSR count). The van der Waals surface area contributed by atoms with Crippen molar-refractivity contribution in [1.82, 2.24) is 4.98 Å². The first kappa shape index (κ1) is 14.3. The number of methoxy groups -OCH3 is 1. The van der Waals surface area contributed by atoms with E-state index >= 15 is 0 Å². The smallest absolute Gasteiger partial charge is 0.305 e. The molecule has 0 aliphatic carbocycles. The molecular weight excluding hydrogens is 260 g/mol. The largest absolute Gasteiger partial charge is 0.469 e. The van der Waals surface area contributed by atoms with Crippen molar-refractivity contribution in [2.24, 2.45) is 5.41 Å². The Hall–Kier alpha value is -1.10. The highest BCUT2D eigenvalue weighted by atomic mass is 32.1. The van der Waals surface area contributed by atoms with Gasteiger partial charge in [0.15, 0.2) is 5.13 Å². The number of carbonyl (C=O) groups is 1. The molecule has 0 amide bonds. The number of esters is 1. The zero-order valence-electron chi connectivity index (χ0n) is 11.9. The van der Waals surface area contributed by atoms with Gasteiger partial charge in [-0.2, -0.15) is 0 Å². The highest BCUT2D eigenvalue weighted by Crippen LogP contribution is 2.33. The molecule has 0 radical (unpaired) electrons. The first-order chi connectivity index (χ1) is 9.00. The van der Waals surface area contributed by atoms with Gasteiger partial charge >= 0.3 is 5.97 Å². The normalized spacial score (nSPS) is 18.4. The van der Waals surface area contributed by atoms with Crippen LogP contribution in [-0.4, -0.2) is 31.2 Å². The van der Waals surface area contributed by atoms with Crippen molar-refractivity contribution in [3.63, 3.8) is 0 Å². The fourth-order valence-corrected chi connectivity index (χ4v) is 3.36. The molecule has 5 heteroatoms. The molecule has 4 nitrogen and oxygen atoms in total. The van der Waals surface area contributed by atoms with Crippen molar-refractivity contribution >= 4 is 22.4 Å². The van der Waals surface area contributed by atoms with E-state index in [0.717, 1.165) is 23.9 Å². The summed E-state index contributed by atoms with van der Waals surface area (Å²) in [6.45, 7) is 6.78. The van der Waals surface area contributed by atoms with E-state index in [1.807, 2.05) is 0 Å². The summed E-state index contributed by atoms with van der Waals surface area (Å²) in [5, 5.41) is 3.15. The molecule has 0 bridgehead atoms. The van der Waals surface area contributed by atoms with E-state index in [-0.39, 0.29) is 5.97 Å². The number of anilines is 1. The predicted octanol–water partition coefficient (Wildman–Crippen LogP) is 2.88. The average molecular weight is 282 g/mol. The van der Waals surface area contributed by atoms with Gasteiger partial charge in [-0.3, -0.25) is 4.79 Å². The summed E-state index contributed by atoms with van der Waals surface area (Å²) in [5.74, 6) is -0.173. The van der Waals surface area contributed by atoms with E-state index in [9.17, 15) is 4.79 Å². The maximum Gasteiger partial charge on any atom is 0.305 e. The fourth-order valence-electron chi connectivity index (χ4n) is 2.48. The highest BCUT2D eigenvalue weighted by molar-refractivity contribution is 7.13. The molecule has 0 atom stereocenters. The number of rotatable bonds is 4. The predicted molar refractivity (Wildman–Crippen MR) is 77.7 cm³/mol. The van der Waals surface area contributed by atoms with Crippen LogP contribution in [0.4, 0.5) is 5.13 Å². The first-order valence-corrected chi connectivity index (χ1v) is 7.64. The van der Waals surface area contributed by atoms with E-state index in [4.69, 9.17) is 0 Å². The zero-order chi connectivity index (χ0) is 13.9. The van der Waals surface area contributed by atoms with Crippen molar-refractivity contribution in [3.05, 3.63) is 11.1 Å². The Morgan fingerprint density at radius 3 is 3.05 bits per heavy atom. The van der Waals surface area contributed by atoms with Gasteiger partial charge in [0.25, 0.3) is 0 Å². The first-order valence-electron chi connectivity index (χ1n) is 6.76. The summed E-state index contributed by atoms with van der Waals surface area (Å²) < 4.78 is 4.65. The van der Waals surface area contributed by atoms with E-state index in [0.29, 0.717) is 18.3 Å². The zero-order valence-corrected chi connectivity index (χ0v) is 12.8. The number of hydrogen-bond donors (Lipinski definition) is 0. The number of piperidine rings is 1. The third-order valence-corrected chi connectivity index (χ3v) is 4.47. The summed E-state index contributed by atoms with van der Waals surface area (Å²) >= 11 is 1.68. The van der Waals surface area contributed by atoms with E-state index in [1.165, 1.54) is 20.0 Å². The van der Waals surface area contributed by atoms with Crippen molar-refractivity contribution in [1.29, 1.82) is 0 Å². The molecule has 0 N–H and O–H groups in total. The van der Waals surface area contributed by atoms with Gasteiger partial charge in [-0.1, -0.05) is 13.8 Å². The SMILES string of the molecule is COC(=O)CCc1csc(N2CCCC(C)(C)C2)n1. The molecule has 1 aromatic heterocycles. The summed E-state index contributed by atoms with van der Waals surface area (Å²) in [4.78, 5) is 18.1. The Labute approximate surface area is 118 Å². The second-order valence-electron chi connectivity index (χ2n) is 5.89. The topological polar surface area (TPSA) is 42.4 Å². The third kappa shape index (κ3) is 3.93. The lowest BCUT2D eigenvalue weighted by molar-refractivity contribution is -0.140. The lowest BCUT2D eigenvalue weighted by Crippen LogP contribution is -2.40. The fraction of sp³-hybridized carbons (Fsp3) is 0.714.